The second-order valence-electron chi connectivity index (χ2n) is 8.20. The van der Waals surface area contributed by atoms with E-state index < -0.39 is 40.1 Å². The second kappa shape index (κ2) is 8.69. The summed E-state index contributed by atoms with van der Waals surface area (Å²) >= 11 is 0. The fraction of sp³-hybridized carbons (Fsp3) is 0.120. The molecule has 0 unspecified atom stereocenters. The molecule has 2 heterocycles. The molecule has 0 radical (unpaired) electrons. The zero-order chi connectivity index (χ0) is 25.6. The van der Waals surface area contributed by atoms with E-state index in [0.717, 1.165) is 11.0 Å². The van der Waals surface area contributed by atoms with Crippen molar-refractivity contribution in [1.29, 1.82) is 0 Å². The maximum atomic E-state index is 13.2. The van der Waals surface area contributed by atoms with Crippen molar-refractivity contribution in [3.63, 3.8) is 0 Å². The van der Waals surface area contributed by atoms with Crippen LogP contribution in [0.15, 0.2) is 66.7 Å². The zero-order valence-corrected chi connectivity index (χ0v) is 18.4. The lowest BCUT2D eigenvalue weighted by Crippen LogP contribution is -2.29. The highest BCUT2D eigenvalue weighted by atomic mass is 19.1. The molecule has 0 saturated carbocycles. The topological polar surface area (TPSA) is 127 Å². The van der Waals surface area contributed by atoms with Gasteiger partial charge in [-0.1, -0.05) is 12.1 Å². The van der Waals surface area contributed by atoms with Gasteiger partial charge in [0.25, 0.3) is 17.5 Å². The van der Waals surface area contributed by atoms with Crippen LogP contribution in [0.25, 0.3) is 0 Å². The number of halogens is 1. The molecule has 36 heavy (non-hydrogen) atoms. The smallest absolute Gasteiger partial charge is 0.316 e. The number of nitro benzene ring substituents is 1. The summed E-state index contributed by atoms with van der Waals surface area (Å²) in [6, 6.07) is 14.7. The van der Waals surface area contributed by atoms with Crippen molar-refractivity contribution in [2.75, 3.05) is 16.3 Å². The number of benzene rings is 3. The number of anilines is 2. The van der Waals surface area contributed by atoms with Crippen LogP contribution in [-0.2, 0) is 9.59 Å². The van der Waals surface area contributed by atoms with Crippen molar-refractivity contribution in [2.24, 2.45) is 5.92 Å². The summed E-state index contributed by atoms with van der Waals surface area (Å²) < 4.78 is 18.6. The lowest BCUT2D eigenvalue weighted by molar-refractivity contribution is -0.385. The largest absolute Gasteiger partial charge is 0.426 e. The Morgan fingerprint density at radius 2 is 1.69 bits per heavy atom. The molecule has 0 aliphatic carbocycles. The fourth-order valence-electron chi connectivity index (χ4n) is 4.28. The molecule has 1 atom stereocenters. The summed E-state index contributed by atoms with van der Waals surface area (Å²) in [5.74, 6) is -3.81. The van der Waals surface area contributed by atoms with E-state index in [1.54, 1.807) is 0 Å². The van der Waals surface area contributed by atoms with E-state index >= 15 is 0 Å². The van der Waals surface area contributed by atoms with Gasteiger partial charge in [-0.25, -0.2) is 9.29 Å². The third-order valence-electron chi connectivity index (χ3n) is 5.98. The molecule has 0 aromatic heterocycles. The Morgan fingerprint density at radius 1 is 0.972 bits per heavy atom. The predicted octanol–water partition coefficient (Wildman–Crippen LogP) is 3.49. The Balaban J connectivity index is 1.34. The van der Waals surface area contributed by atoms with Gasteiger partial charge in [0.1, 0.15) is 17.1 Å². The van der Waals surface area contributed by atoms with Crippen molar-refractivity contribution < 1.29 is 33.2 Å². The number of hydrogen-bond acceptors (Lipinski definition) is 7. The first-order valence-electron chi connectivity index (χ1n) is 10.8. The fourth-order valence-corrected chi connectivity index (χ4v) is 4.28. The number of carbonyl (C=O) groups excluding carboxylic acids is 4. The third-order valence-corrected chi connectivity index (χ3v) is 5.98. The van der Waals surface area contributed by atoms with E-state index in [9.17, 15) is 33.7 Å². The van der Waals surface area contributed by atoms with Crippen molar-refractivity contribution in [3.05, 3.63) is 93.8 Å². The van der Waals surface area contributed by atoms with Crippen LogP contribution in [0, 0.1) is 21.8 Å². The minimum Gasteiger partial charge on any atom is -0.426 e. The number of hydrogen-bond donors (Lipinski definition) is 0. The Hall–Kier alpha value is -4.93. The molecule has 3 aromatic carbocycles. The SMILES string of the molecule is O=C(Oc1cccc(N2C(=O)c3cccc([N+](=O)[O-])c3C2=O)c1)[C@@H]1CC(=O)N(c2ccc(F)cc2)C1. The molecule has 2 aliphatic rings. The lowest BCUT2D eigenvalue weighted by atomic mass is 10.1. The number of nitro groups is 1. The van der Waals surface area contributed by atoms with E-state index in [-0.39, 0.29) is 41.4 Å². The quantitative estimate of drug-likeness (QED) is 0.176. The molecule has 5 rings (SSSR count). The van der Waals surface area contributed by atoms with E-state index in [2.05, 4.69) is 0 Å². The minimum atomic E-state index is -0.859. The van der Waals surface area contributed by atoms with Crippen molar-refractivity contribution in [3.8, 4) is 5.75 Å². The maximum Gasteiger partial charge on any atom is 0.316 e. The highest BCUT2D eigenvalue weighted by Crippen LogP contribution is 2.35. The normalized spacial score (nSPS) is 16.9. The number of imide groups is 1. The molecular weight excluding hydrogens is 473 g/mol. The molecule has 1 saturated heterocycles. The molecular formula is C25H16FN3O7. The van der Waals surface area contributed by atoms with Crippen LogP contribution in [0.2, 0.25) is 0 Å². The molecule has 2 aliphatic heterocycles. The second-order valence-corrected chi connectivity index (χ2v) is 8.20. The van der Waals surface area contributed by atoms with Gasteiger partial charge in [0.05, 0.1) is 22.1 Å². The molecule has 10 nitrogen and oxygen atoms in total. The molecule has 3 aromatic rings. The number of ether oxygens (including phenoxy) is 1. The Kier molecular flexibility index (Phi) is 5.51. The van der Waals surface area contributed by atoms with Crippen LogP contribution in [0.4, 0.5) is 21.5 Å². The molecule has 3 amide bonds. The van der Waals surface area contributed by atoms with Crippen molar-refractivity contribution in [2.45, 2.75) is 6.42 Å². The molecule has 180 valence electrons. The zero-order valence-electron chi connectivity index (χ0n) is 18.4. The summed E-state index contributed by atoms with van der Waals surface area (Å²) in [4.78, 5) is 63.7. The van der Waals surface area contributed by atoms with Crippen LogP contribution in [0.3, 0.4) is 0 Å². The highest BCUT2D eigenvalue weighted by Gasteiger charge is 2.42. The van der Waals surface area contributed by atoms with E-state index in [1.165, 1.54) is 65.6 Å². The summed E-state index contributed by atoms with van der Waals surface area (Å²) in [5, 5.41) is 11.3. The van der Waals surface area contributed by atoms with Crippen LogP contribution < -0.4 is 14.5 Å². The first kappa shape index (κ1) is 22.8. The van der Waals surface area contributed by atoms with Crippen LogP contribution in [-0.4, -0.2) is 35.2 Å². The van der Waals surface area contributed by atoms with Crippen LogP contribution >= 0.6 is 0 Å². The maximum absolute atomic E-state index is 13.2. The number of amides is 3. The number of nitrogens with zero attached hydrogens (tertiary/aromatic N) is 3. The van der Waals surface area contributed by atoms with Gasteiger partial charge in [-0.15, -0.1) is 0 Å². The Bertz CT molecular complexity index is 1450. The summed E-state index contributed by atoms with van der Waals surface area (Å²) in [5.41, 5.74) is -0.357. The first-order chi connectivity index (χ1) is 17.2. The third kappa shape index (κ3) is 3.86. The number of fused-ring (bicyclic) bond motifs is 1. The molecule has 11 heteroatoms. The van der Waals surface area contributed by atoms with Crippen LogP contribution in [0.5, 0.6) is 5.75 Å². The molecule has 1 fully saturated rings. The predicted molar refractivity (Wildman–Crippen MR) is 123 cm³/mol. The molecule has 0 N–H and O–H groups in total. The molecule has 0 spiro atoms. The summed E-state index contributed by atoms with van der Waals surface area (Å²) in [6.45, 7) is 0.0467. The lowest BCUT2D eigenvalue weighted by Gasteiger charge is -2.17. The van der Waals surface area contributed by atoms with Gasteiger partial charge in [0.2, 0.25) is 5.91 Å². The van der Waals surface area contributed by atoms with Crippen molar-refractivity contribution in [1.82, 2.24) is 0 Å². The molecule has 0 bridgehead atoms. The van der Waals surface area contributed by atoms with Gasteiger partial charge < -0.3 is 9.64 Å². The van der Waals surface area contributed by atoms with E-state index in [4.69, 9.17) is 4.74 Å². The summed E-state index contributed by atoms with van der Waals surface area (Å²) in [6.07, 6.45) is -0.0992. The Labute approximate surface area is 202 Å². The average molecular weight is 489 g/mol. The average Bonchev–Trinajstić information content (AvgIpc) is 3.37. The van der Waals surface area contributed by atoms with E-state index in [0.29, 0.717) is 5.69 Å². The van der Waals surface area contributed by atoms with Gasteiger partial charge in [-0.3, -0.25) is 29.3 Å². The van der Waals surface area contributed by atoms with Crippen molar-refractivity contribution >= 4 is 40.8 Å². The van der Waals surface area contributed by atoms with Gasteiger partial charge in [-0.2, -0.15) is 0 Å². The van der Waals surface area contributed by atoms with Gasteiger partial charge >= 0.3 is 5.97 Å². The first-order valence-corrected chi connectivity index (χ1v) is 10.8. The minimum absolute atomic E-state index is 0.0243. The van der Waals surface area contributed by atoms with Gasteiger partial charge in [-0.05, 0) is 42.5 Å². The van der Waals surface area contributed by atoms with Gasteiger partial charge in [0, 0.05) is 30.8 Å². The number of carbonyl (C=O) groups is 4. The number of esters is 1. The van der Waals surface area contributed by atoms with Gasteiger partial charge in [0.15, 0.2) is 0 Å². The standard InChI is InChI=1S/C25H16FN3O7/c26-15-7-9-16(10-8-15)27-13-14(11-21(27)30)25(33)36-18-4-1-3-17(12-18)28-23(31)19-5-2-6-20(29(34)35)22(19)24(28)32/h1-10,12,14H,11,13H2/t14-/m1/s1. The van der Waals surface area contributed by atoms with E-state index in [1.807, 2.05) is 0 Å². The Morgan fingerprint density at radius 3 is 2.42 bits per heavy atom. The van der Waals surface area contributed by atoms with Crippen LogP contribution in [0.1, 0.15) is 27.1 Å². The monoisotopic (exact) mass is 489 g/mol. The summed E-state index contributed by atoms with van der Waals surface area (Å²) in [7, 11) is 0. The highest BCUT2D eigenvalue weighted by molar-refractivity contribution is 6.35. The number of rotatable bonds is 5.